The lowest BCUT2D eigenvalue weighted by Crippen LogP contribution is -2.17. The molecule has 2 aromatic carbocycles. The Morgan fingerprint density at radius 2 is 1.92 bits per heavy atom. The number of rotatable bonds is 4. The van der Waals surface area contributed by atoms with Crippen molar-refractivity contribution in [1.82, 2.24) is 9.78 Å². The van der Waals surface area contributed by atoms with Crippen LogP contribution in [0.25, 0.3) is 5.69 Å². The van der Waals surface area contributed by atoms with Gasteiger partial charge in [-0.15, -0.1) is 0 Å². The van der Waals surface area contributed by atoms with E-state index in [2.05, 4.69) is 26.0 Å². The summed E-state index contributed by atoms with van der Waals surface area (Å²) in [5, 5.41) is 21.6. The lowest BCUT2D eigenvalue weighted by atomic mass is 10.2. The Morgan fingerprint density at radius 3 is 2.54 bits per heavy atom. The molecule has 3 N–H and O–H groups in total. The Balaban J connectivity index is 1.94. The predicted octanol–water partition coefficient (Wildman–Crippen LogP) is 3.39. The van der Waals surface area contributed by atoms with Crippen molar-refractivity contribution in [2.75, 3.05) is 0 Å². The van der Waals surface area contributed by atoms with Crippen LogP contribution in [0.1, 0.15) is 21.6 Å². The van der Waals surface area contributed by atoms with Crippen LogP contribution in [-0.2, 0) is 0 Å². The minimum atomic E-state index is -1.23. The molecule has 8 heteroatoms. The molecule has 0 aliphatic heterocycles. The molecule has 7 nitrogen and oxygen atoms in total. The molecule has 0 saturated carbocycles. The van der Waals surface area contributed by atoms with Crippen LogP contribution in [0, 0.1) is 6.92 Å². The van der Waals surface area contributed by atoms with Gasteiger partial charge in [-0.25, -0.2) is 9.48 Å². The summed E-state index contributed by atoms with van der Waals surface area (Å²) in [6.45, 7) is 1.75. The van der Waals surface area contributed by atoms with Crippen LogP contribution in [0.15, 0.2) is 56.7 Å². The van der Waals surface area contributed by atoms with Crippen LogP contribution in [-0.4, -0.2) is 32.2 Å². The molecule has 0 radical (unpaired) electrons. The number of aromatic amines is 1. The predicted molar refractivity (Wildman–Crippen MR) is 101 cm³/mol. The zero-order valence-corrected chi connectivity index (χ0v) is 15.2. The number of aryl methyl sites for hydroxylation is 1. The number of aliphatic imine (C=N–C) groups is 1. The number of nitrogens with zero attached hydrogens (tertiary/aromatic N) is 2. The van der Waals surface area contributed by atoms with Gasteiger partial charge in [0.15, 0.2) is 0 Å². The first-order chi connectivity index (χ1) is 12.4. The molecular weight excluding hydrogens is 402 g/mol. The fourth-order valence-electron chi connectivity index (χ4n) is 2.40. The van der Waals surface area contributed by atoms with Crippen molar-refractivity contribution in [3.63, 3.8) is 0 Å². The van der Waals surface area contributed by atoms with Crippen molar-refractivity contribution in [3.8, 4) is 11.4 Å². The molecule has 0 fully saturated rings. The van der Waals surface area contributed by atoms with Crippen LogP contribution in [0.5, 0.6) is 5.75 Å². The Labute approximate surface area is 156 Å². The monoisotopic (exact) mass is 415 g/mol. The number of phenols is 1. The van der Waals surface area contributed by atoms with Gasteiger partial charge in [-0.2, -0.15) is 0 Å². The van der Waals surface area contributed by atoms with E-state index >= 15 is 0 Å². The fourth-order valence-corrected chi connectivity index (χ4v) is 2.67. The minimum absolute atomic E-state index is 0.209. The van der Waals surface area contributed by atoms with Crippen molar-refractivity contribution in [2.24, 2.45) is 4.99 Å². The number of hydrogen-bond donors (Lipinski definition) is 3. The van der Waals surface area contributed by atoms with E-state index in [-0.39, 0.29) is 16.9 Å². The third-order valence-corrected chi connectivity index (χ3v) is 4.28. The van der Waals surface area contributed by atoms with E-state index in [1.807, 2.05) is 12.1 Å². The van der Waals surface area contributed by atoms with E-state index in [4.69, 9.17) is 5.11 Å². The van der Waals surface area contributed by atoms with E-state index in [0.29, 0.717) is 22.6 Å². The summed E-state index contributed by atoms with van der Waals surface area (Å²) in [4.78, 5) is 27.7. The first kappa shape index (κ1) is 17.7. The lowest BCUT2D eigenvalue weighted by Gasteiger charge is -2.00. The summed E-state index contributed by atoms with van der Waals surface area (Å²) < 4.78 is 2.32. The first-order valence-corrected chi connectivity index (χ1v) is 8.34. The Bertz CT molecular complexity index is 1070. The summed E-state index contributed by atoms with van der Waals surface area (Å²) in [7, 11) is 0. The normalized spacial score (nSPS) is 11.2. The van der Waals surface area contributed by atoms with Gasteiger partial charge in [-0.1, -0.05) is 15.9 Å². The number of carbonyl (C=O) groups is 1. The maximum absolute atomic E-state index is 12.6. The van der Waals surface area contributed by atoms with Crippen molar-refractivity contribution in [3.05, 3.63) is 74.1 Å². The van der Waals surface area contributed by atoms with Gasteiger partial charge in [0.1, 0.15) is 11.3 Å². The summed E-state index contributed by atoms with van der Waals surface area (Å²) >= 11 is 3.35. The second-order valence-corrected chi connectivity index (χ2v) is 6.45. The zero-order chi connectivity index (χ0) is 18.8. The molecule has 26 heavy (non-hydrogen) atoms. The van der Waals surface area contributed by atoms with E-state index in [9.17, 15) is 14.7 Å². The van der Waals surface area contributed by atoms with Gasteiger partial charge < -0.3 is 10.2 Å². The van der Waals surface area contributed by atoms with Gasteiger partial charge in [-0.05, 0) is 43.3 Å². The first-order valence-electron chi connectivity index (χ1n) is 7.55. The van der Waals surface area contributed by atoms with Crippen molar-refractivity contribution in [1.29, 1.82) is 0 Å². The van der Waals surface area contributed by atoms with Crippen LogP contribution in [0.4, 0.5) is 5.69 Å². The highest BCUT2D eigenvalue weighted by Gasteiger charge is 2.12. The topological polar surface area (TPSA) is 108 Å². The maximum atomic E-state index is 12.6. The standard InChI is InChI=1S/C18H14BrN3O4/c1-10-15(9-20-12-4-7-14(18(25)26)16(23)8-12)17(24)22(21-10)13-5-2-11(19)3-6-13/h2-9,21,23H,1H3,(H,25,26). The fraction of sp³-hybridized carbons (Fsp3) is 0.0556. The third-order valence-electron chi connectivity index (χ3n) is 3.76. The molecule has 0 saturated heterocycles. The molecule has 0 spiro atoms. The van der Waals surface area contributed by atoms with Gasteiger partial charge in [0.25, 0.3) is 5.56 Å². The molecular formula is C18H14BrN3O4. The van der Waals surface area contributed by atoms with Crippen molar-refractivity contribution in [2.45, 2.75) is 6.92 Å². The molecule has 3 aromatic rings. The number of H-pyrrole nitrogens is 1. The van der Waals surface area contributed by atoms with Crippen LogP contribution in [0.3, 0.4) is 0 Å². The summed E-state index contributed by atoms with van der Waals surface area (Å²) in [6, 6.07) is 11.2. The Kier molecular flexibility index (Phi) is 4.77. The van der Waals surface area contributed by atoms with Crippen LogP contribution >= 0.6 is 15.9 Å². The zero-order valence-electron chi connectivity index (χ0n) is 13.6. The molecule has 132 valence electrons. The number of carboxylic acids is 1. The second-order valence-electron chi connectivity index (χ2n) is 5.53. The molecule has 0 aliphatic carbocycles. The number of aromatic carboxylic acids is 1. The number of carboxylic acid groups (broad SMARTS) is 1. The lowest BCUT2D eigenvalue weighted by molar-refractivity contribution is 0.0694. The van der Waals surface area contributed by atoms with Crippen LogP contribution < -0.4 is 5.56 Å². The molecule has 0 atom stereocenters. The van der Waals surface area contributed by atoms with E-state index in [0.717, 1.165) is 4.47 Å². The highest BCUT2D eigenvalue weighted by atomic mass is 79.9. The second kappa shape index (κ2) is 7.01. The molecule has 0 aliphatic rings. The minimum Gasteiger partial charge on any atom is -0.507 e. The third kappa shape index (κ3) is 3.45. The SMILES string of the molecule is Cc1[nH]n(-c2ccc(Br)cc2)c(=O)c1C=Nc1ccc(C(=O)O)c(O)c1. The smallest absolute Gasteiger partial charge is 0.339 e. The van der Waals surface area contributed by atoms with E-state index in [1.165, 1.54) is 29.1 Å². The number of hydrogen-bond acceptors (Lipinski definition) is 4. The average Bonchev–Trinajstić information content (AvgIpc) is 2.88. The number of aromatic hydroxyl groups is 1. The van der Waals surface area contributed by atoms with Gasteiger partial charge in [0.2, 0.25) is 0 Å². The molecule has 0 bridgehead atoms. The average molecular weight is 416 g/mol. The quantitative estimate of drug-likeness (QED) is 0.567. The Morgan fingerprint density at radius 1 is 1.23 bits per heavy atom. The van der Waals surface area contributed by atoms with Gasteiger partial charge in [0, 0.05) is 22.4 Å². The number of benzene rings is 2. The molecule has 0 amide bonds. The van der Waals surface area contributed by atoms with E-state index in [1.54, 1.807) is 19.1 Å². The summed E-state index contributed by atoms with van der Waals surface area (Å²) in [5.74, 6) is -1.61. The van der Waals surface area contributed by atoms with Gasteiger partial charge in [-0.3, -0.25) is 14.9 Å². The molecule has 3 rings (SSSR count). The van der Waals surface area contributed by atoms with Gasteiger partial charge >= 0.3 is 5.97 Å². The van der Waals surface area contributed by atoms with Crippen molar-refractivity contribution >= 4 is 33.8 Å². The van der Waals surface area contributed by atoms with E-state index < -0.39 is 5.97 Å². The largest absolute Gasteiger partial charge is 0.507 e. The van der Waals surface area contributed by atoms with Gasteiger partial charge in [0.05, 0.1) is 16.9 Å². The number of nitrogens with one attached hydrogen (secondary N) is 1. The number of aromatic nitrogens is 2. The maximum Gasteiger partial charge on any atom is 0.339 e. The van der Waals surface area contributed by atoms with Crippen LogP contribution in [0.2, 0.25) is 0 Å². The summed E-state index contributed by atoms with van der Waals surface area (Å²) in [6.07, 6.45) is 1.39. The van der Waals surface area contributed by atoms with Crippen molar-refractivity contribution < 1.29 is 15.0 Å². The number of halogens is 1. The highest BCUT2D eigenvalue weighted by molar-refractivity contribution is 9.10. The Hall–Kier alpha value is -3.13. The molecule has 1 aromatic heterocycles. The molecule has 1 heterocycles. The highest BCUT2D eigenvalue weighted by Crippen LogP contribution is 2.24. The molecule has 0 unspecified atom stereocenters. The summed E-state index contributed by atoms with van der Waals surface area (Å²) in [5.41, 5.74) is 1.55.